The van der Waals surface area contributed by atoms with Crippen LogP contribution in [0.5, 0.6) is 17.2 Å². The molecule has 5 nitrogen and oxygen atoms in total. The van der Waals surface area contributed by atoms with E-state index in [0.29, 0.717) is 29.1 Å². The quantitative estimate of drug-likeness (QED) is 0.691. The molecule has 1 aromatic rings. The van der Waals surface area contributed by atoms with Crippen LogP contribution in [0.3, 0.4) is 0 Å². The summed E-state index contributed by atoms with van der Waals surface area (Å²) in [6.07, 6.45) is 0.692. The van der Waals surface area contributed by atoms with Gasteiger partial charge in [0.1, 0.15) is 17.2 Å². The van der Waals surface area contributed by atoms with Crippen LogP contribution in [0.1, 0.15) is 10.4 Å². The first-order chi connectivity index (χ1) is 6.76. The van der Waals surface area contributed by atoms with Crippen LogP contribution < -0.4 is 14.2 Å². The van der Waals surface area contributed by atoms with Gasteiger partial charge < -0.3 is 19.7 Å². The molecule has 0 bridgehead atoms. The van der Waals surface area contributed by atoms with Crippen molar-refractivity contribution in [3.63, 3.8) is 0 Å². The summed E-state index contributed by atoms with van der Waals surface area (Å²) in [5.41, 5.74) is 0.385. The Balaban J connectivity index is 0.00000196. The first-order valence-electron chi connectivity index (χ1n) is 4.02. The van der Waals surface area contributed by atoms with Crippen molar-refractivity contribution in [2.45, 2.75) is 0 Å². The molecule has 0 aliphatic heterocycles. The Morgan fingerprint density at radius 2 is 1.47 bits per heavy atom. The second-order valence-corrected chi connectivity index (χ2v) is 2.56. The SMILES string of the molecule is COc1cc(OC)c(C=O)c(OC)c1.O. The summed E-state index contributed by atoms with van der Waals surface area (Å²) >= 11 is 0. The van der Waals surface area contributed by atoms with Gasteiger partial charge in [0.15, 0.2) is 6.29 Å². The summed E-state index contributed by atoms with van der Waals surface area (Å²) in [4.78, 5) is 10.8. The summed E-state index contributed by atoms with van der Waals surface area (Å²) in [5.74, 6) is 1.47. The molecule has 0 atom stereocenters. The Labute approximate surface area is 87.9 Å². The maximum absolute atomic E-state index is 10.8. The van der Waals surface area contributed by atoms with E-state index in [1.54, 1.807) is 12.1 Å². The van der Waals surface area contributed by atoms with E-state index in [-0.39, 0.29) is 5.48 Å². The fourth-order valence-corrected chi connectivity index (χ4v) is 1.15. The molecular formula is C10H14O5. The Morgan fingerprint density at radius 3 is 1.73 bits per heavy atom. The molecule has 0 amide bonds. The van der Waals surface area contributed by atoms with Gasteiger partial charge >= 0.3 is 0 Å². The van der Waals surface area contributed by atoms with E-state index in [9.17, 15) is 4.79 Å². The molecule has 1 rings (SSSR count). The van der Waals surface area contributed by atoms with Crippen LogP contribution in [-0.4, -0.2) is 33.1 Å². The van der Waals surface area contributed by atoms with Crippen molar-refractivity contribution >= 4 is 6.29 Å². The van der Waals surface area contributed by atoms with Crippen LogP contribution in [0.4, 0.5) is 0 Å². The van der Waals surface area contributed by atoms with Crippen LogP contribution in [0, 0.1) is 0 Å². The van der Waals surface area contributed by atoms with Crippen molar-refractivity contribution in [1.82, 2.24) is 0 Å². The summed E-state index contributed by atoms with van der Waals surface area (Å²) in [6.45, 7) is 0. The average Bonchev–Trinajstić information content (AvgIpc) is 2.26. The Bertz CT molecular complexity index is 310. The van der Waals surface area contributed by atoms with E-state index < -0.39 is 0 Å². The number of carbonyl (C=O) groups is 1. The molecule has 0 spiro atoms. The lowest BCUT2D eigenvalue weighted by atomic mass is 10.2. The monoisotopic (exact) mass is 214 g/mol. The first kappa shape index (κ1) is 13.2. The third kappa shape index (κ3) is 2.60. The Kier molecular flexibility index (Phi) is 5.19. The van der Waals surface area contributed by atoms with Gasteiger partial charge in [-0.3, -0.25) is 4.79 Å². The van der Waals surface area contributed by atoms with E-state index in [1.165, 1.54) is 21.3 Å². The van der Waals surface area contributed by atoms with Crippen molar-refractivity contribution in [3.05, 3.63) is 17.7 Å². The maximum Gasteiger partial charge on any atom is 0.157 e. The van der Waals surface area contributed by atoms with Crippen molar-refractivity contribution in [2.75, 3.05) is 21.3 Å². The lowest BCUT2D eigenvalue weighted by Gasteiger charge is -2.10. The minimum absolute atomic E-state index is 0. The van der Waals surface area contributed by atoms with E-state index in [4.69, 9.17) is 14.2 Å². The van der Waals surface area contributed by atoms with Crippen molar-refractivity contribution < 1.29 is 24.5 Å². The van der Waals surface area contributed by atoms with Gasteiger partial charge in [-0.05, 0) is 0 Å². The van der Waals surface area contributed by atoms with Gasteiger partial charge in [-0.15, -0.1) is 0 Å². The van der Waals surface area contributed by atoms with Crippen molar-refractivity contribution in [1.29, 1.82) is 0 Å². The third-order valence-corrected chi connectivity index (χ3v) is 1.87. The topological polar surface area (TPSA) is 76.3 Å². The number of benzene rings is 1. The highest BCUT2D eigenvalue weighted by atomic mass is 16.5. The molecule has 84 valence electrons. The average molecular weight is 214 g/mol. The molecule has 0 heterocycles. The van der Waals surface area contributed by atoms with Gasteiger partial charge in [0, 0.05) is 12.1 Å². The highest BCUT2D eigenvalue weighted by Gasteiger charge is 2.11. The highest BCUT2D eigenvalue weighted by Crippen LogP contribution is 2.32. The van der Waals surface area contributed by atoms with Crippen molar-refractivity contribution in [3.8, 4) is 17.2 Å². The molecule has 15 heavy (non-hydrogen) atoms. The van der Waals surface area contributed by atoms with Crippen LogP contribution in [-0.2, 0) is 0 Å². The second kappa shape index (κ2) is 5.87. The lowest BCUT2D eigenvalue weighted by Crippen LogP contribution is -1.96. The number of methoxy groups -OCH3 is 3. The summed E-state index contributed by atoms with van der Waals surface area (Å²) in [7, 11) is 4.51. The second-order valence-electron chi connectivity index (χ2n) is 2.56. The van der Waals surface area contributed by atoms with Gasteiger partial charge in [0.05, 0.1) is 26.9 Å². The molecule has 0 saturated heterocycles. The van der Waals surface area contributed by atoms with E-state index in [1.807, 2.05) is 0 Å². The summed E-state index contributed by atoms with van der Waals surface area (Å²) in [6, 6.07) is 3.26. The minimum Gasteiger partial charge on any atom is -0.496 e. The predicted octanol–water partition coefficient (Wildman–Crippen LogP) is 0.700. The first-order valence-corrected chi connectivity index (χ1v) is 4.02. The Morgan fingerprint density at radius 1 is 1.00 bits per heavy atom. The zero-order chi connectivity index (χ0) is 10.6. The molecule has 0 aliphatic carbocycles. The molecule has 0 fully saturated rings. The summed E-state index contributed by atoms with van der Waals surface area (Å²) < 4.78 is 15.1. The summed E-state index contributed by atoms with van der Waals surface area (Å²) in [5, 5.41) is 0. The maximum atomic E-state index is 10.8. The molecule has 1 aromatic carbocycles. The number of rotatable bonds is 4. The normalized spacial score (nSPS) is 8.73. The van der Waals surface area contributed by atoms with Gasteiger partial charge in [0.2, 0.25) is 0 Å². The fourth-order valence-electron chi connectivity index (χ4n) is 1.15. The van der Waals surface area contributed by atoms with E-state index in [2.05, 4.69) is 0 Å². The van der Waals surface area contributed by atoms with E-state index >= 15 is 0 Å². The fraction of sp³-hybridized carbons (Fsp3) is 0.300. The number of ether oxygens (including phenoxy) is 3. The number of aldehydes is 1. The van der Waals surface area contributed by atoms with Gasteiger partial charge in [-0.25, -0.2) is 0 Å². The predicted molar refractivity (Wildman–Crippen MR) is 55.1 cm³/mol. The number of hydrogen-bond acceptors (Lipinski definition) is 4. The Hall–Kier alpha value is -1.75. The van der Waals surface area contributed by atoms with Gasteiger partial charge in [-0.2, -0.15) is 0 Å². The zero-order valence-corrected chi connectivity index (χ0v) is 8.87. The smallest absolute Gasteiger partial charge is 0.157 e. The van der Waals surface area contributed by atoms with Crippen molar-refractivity contribution in [2.24, 2.45) is 0 Å². The number of hydrogen-bond donors (Lipinski definition) is 0. The molecule has 0 unspecified atom stereocenters. The molecule has 2 N–H and O–H groups in total. The zero-order valence-electron chi connectivity index (χ0n) is 8.87. The minimum atomic E-state index is 0. The molecule has 0 aliphatic rings. The van der Waals surface area contributed by atoms with Gasteiger partial charge in [-0.1, -0.05) is 0 Å². The van der Waals surface area contributed by atoms with Crippen LogP contribution >= 0.6 is 0 Å². The molecule has 0 saturated carbocycles. The van der Waals surface area contributed by atoms with Crippen LogP contribution in [0.15, 0.2) is 12.1 Å². The highest BCUT2D eigenvalue weighted by molar-refractivity contribution is 5.84. The molecular weight excluding hydrogens is 200 g/mol. The van der Waals surface area contributed by atoms with Crippen LogP contribution in [0.2, 0.25) is 0 Å². The lowest BCUT2D eigenvalue weighted by molar-refractivity contribution is 0.111. The van der Waals surface area contributed by atoms with E-state index in [0.717, 1.165) is 0 Å². The third-order valence-electron chi connectivity index (χ3n) is 1.87. The largest absolute Gasteiger partial charge is 0.496 e. The standard InChI is InChI=1S/C10H12O4.H2O/c1-12-7-4-9(13-2)8(6-11)10(5-7)14-3;/h4-6H,1-3H3;1H2. The molecule has 0 aromatic heterocycles. The number of carbonyl (C=O) groups excluding carboxylic acids is 1. The van der Waals surface area contributed by atoms with Crippen LogP contribution in [0.25, 0.3) is 0 Å². The van der Waals surface area contributed by atoms with Gasteiger partial charge in [0.25, 0.3) is 0 Å². The molecule has 5 heteroatoms. The molecule has 0 radical (unpaired) electrons.